The number of unbranched alkanes of at least 4 members (excludes halogenated alkanes) is 3. The van der Waals surface area contributed by atoms with Crippen molar-refractivity contribution in [3.63, 3.8) is 0 Å². The maximum atomic E-state index is 13.0. The lowest BCUT2D eigenvalue weighted by molar-refractivity contribution is 0.0931. The van der Waals surface area contributed by atoms with Gasteiger partial charge in [-0.15, -0.1) is 0 Å². The summed E-state index contributed by atoms with van der Waals surface area (Å²) >= 11 is 3.44. The molecule has 0 aliphatic rings. The molecule has 4 nitrogen and oxygen atoms in total. The molecule has 0 saturated carbocycles. The third kappa shape index (κ3) is 7.28. The van der Waals surface area contributed by atoms with Crippen LogP contribution in [0.5, 0.6) is 5.75 Å². The van der Waals surface area contributed by atoms with E-state index >= 15 is 0 Å². The number of carbonyl (C=O) groups is 1. The van der Waals surface area contributed by atoms with Crippen LogP contribution in [0.3, 0.4) is 0 Å². The van der Waals surface area contributed by atoms with Crippen molar-refractivity contribution in [2.24, 2.45) is 0 Å². The number of carbonyl (C=O) groups excluding carboxylic acids is 1. The zero-order valence-electron chi connectivity index (χ0n) is 17.1. The number of nitrogens with zero attached hydrogens (tertiary/aromatic N) is 1. The molecule has 0 bridgehead atoms. The van der Waals surface area contributed by atoms with Gasteiger partial charge < -0.3 is 15.0 Å². The van der Waals surface area contributed by atoms with E-state index in [9.17, 15) is 4.79 Å². The molecule has 1 unspecified atom stereocenters. The van der Waals surface area contributed by atoms with Gasteiger partial charge in [0.05, 0.1) is 18.7 Å². The summed E-state index contributed by atoms with van der Waals surface area (Å²) in [6.07, 6.45) is 5.61. The third-order valence-corrected chi connectivity index (χ3v) is 5.25. The number of hydrogen-bond donors (Lipinski definition) is 1. The molecule has 0 aliphatic carbocycles. The molecule has 0 heterocycles. The molecule has 0 saturated heterocycles. The number of halogens is 1. The van der Waals surface area contributed by atoms with Crippen LogP contribution in [0.4, 0.5) is 0 Å². The van der Waals surface area contributed by atoms with Gasteiger partial charge in [-0.3, -0.25) is 4.79 Å². The fourth-order valence-electron chi connectivity index (χ4n) is 3.23. The largest absolute Gasteiger partial charge is 0.496 e. The first-order chi connectivity index (χ1) is 13.5. The highest BCUT2D eigenvalue weighted by Crippen LogP contribution is 2.25. The summed E-state index contributed by atoms with van der Waals surface area (Å²) in [6, 6.07) is 15.7. The van der Waals surface area contributed by atoms with E-state index in [1.54, 1.807) is 19.2 Å². The Morgan fingerprint density at radius 2 is 1.79 bits per heavy atom. The van der Waals surface area contributed by atoms with Crippen molar-refractivity contribution < 1.29 is 9.53 Å². The maximum absolute atomic E-state index is 13.0. The molecular formula is C23H31BrN2O2. The lowest BCUT2D eigenvalue weighted by Gasteiger charge is -2.20. The third-order valence-electron chi connectivity index (χ3n) is 4.76. The highest BCUT2D eigenvalue weighted by atomic mass is 79.9. The van der Waals surface area contributed by atoms with Crippen molar-refractivity contribution in [2.75, 3.05) is 27.7 Å². The second-order valence-corrected chi connectivity index (χ2v) is 8.20. The second-order valence-electron chi connectivity index (χ2n) is 7.29. The summed E-state index contributed by atoms with van der Waals surface area (Å²) < 4.78 is 6.22. The summed E-state index contributed by atoms with van der Waals surface area (Å²) in [5, 5.41) is 3.21. The summed E-state index contributed by atoms with van der Waals surface area (Å²) in [5.74, 6) is 0.468. The molecule has 2 aromatic rings. The van der Waals surface area contributed by atoms with Gasteiger partial charge in [-0.1, -0.05) is 65.5 Å². The van der Waals surface area contributed by atoms with Gasteiger partial charge in [-0.2, -0.15) is 0 Å². The van der Waals surface area contributed by atoms with Crippen molar-refractivity contribution in [3.8, 4) is 5.75 Å². The number of amides is 1. The van der Waals surface area contributed by atoms with Crippen molar-refractivity contribution in [1.29, 1.82) is 0 Å². The van der Waals surface area contributed by atoms with Gasteiger partial charge in [0, 0.05) is 4.47 Å². The first kappa shape index (κ1) is 22.4. The van der Waals surface area contributed by atoms with Crippen molar-refractivity contribution >= 4 is 21.8 Å². The fourth-order valence-corrected chi connectivity index (χ4v) is 3.59. The first-order valence-electron chi connectivity index (χ1n) is 9.85. The molecule has 5 heteroatoms. The summed E-state index contributed by atoms with van der Waals surface area (Å²) in [5.41, 5.74) is 1.68. The number of rotatable bonds is 11. The van der Waals surface area contributed by atoms with Crippen molar-refractivity contribution in [1.82, 2.24) is 10.2 Å². The van der Waals surface area contributed by atoms with Gasteiger partial charge in [0.1, 0.15) is 5.75 Å². The quantitative estimate of drug-likeness (QED) is 0.467. The molecule has 0 radical (unpaired) electrons. The smallest absolute Gasteiger partial charge is 0.255 e. The summed E-state index contributed by atoms with van der Waals surface area (Å²) in [4.78, 5) is 15.2. The van der Waals surface area contributed by atoms with Gasteiger partial charge in [-0.25, -0.2) is 0 Å². The highest BCUT2D eigenvalue weighted by molar-refractivity contribution is 9.10. The molecule has 0 spiro atoms. The van der Waals surface area contributed by atoms with E-state index in [0.717, 1.165) is 29.4 Å². The van der Waals surface area contributed by atoms with Crippen LogP contribution in [0.2, 0.25) is 0 Å². The SMILES string of the molecule is COc1ccc(Br)cc1C(=O)NC(CCCCCCN(C)C)c1ccccc1. The lowest BCUT2D eigenvalue weighted by Crippen LogP contribution is -2.29. The number of methoxy groups -OCH3 is 1. The zero-order chi connectivity index (χ0) is 20.4. The van der Waals surface area contributed by atoms with E-state index in [-0.39, 0.29) is 11.9 Å². The Morgan fingerprint density at radius 3 is 2.46 bits per heavy atom. The Balaban J connectivity index is 2.02. The van der Waals surface area contributed by atoms with Crippen LogP contribution in [0.1, 0.15) is 54.1 Å². The average Bonchev–Trinajstić information content (AvgIpc) is 2.69. The topological polar surface area (TPSA) is 41.6 Å². The Bertz CT molecular complexity index is 735. The van der Waals surface area contributed by atoms with Crippen LogP contribution in [0.15, 0.2) is 53.0 Å². The summed E-state index contributed by atoms with van der Waals surface area (Å²) in [6.45, 7) is 1.13. The average molecular weight is 447 g/mol. The first-order valence-corrected chi connectivity index (χ1v) is 10.6. The maximum Gasteiger partial charge on any atom is 0.255 e. The van der Waals surface area contributed by atoms with E-state index < -0.39 is 0 Å². The minimum Gasteiger partial charge on any atom is -0.496 e. The fraction of sp³-hybridized carbons (Fsp3) is 0.435. The Morgan fingerprint density at radius 1 is 1.07 bits per heavy atom. The highest BCUT2D eigenvalue weighted by Gasteiger charge is 2.18. The lowest BCUT2D eigenvalue weighted by atomic mass is 9.99. The van der Waals surface area contributed by atoms with Gasteiger partial charge in [0.2, 0.25) is 0 Å². The van der Waals surface area contributed by atoms with Gasteiger partial charge >= 0.3 is 0 Å². The van der Waals surface area contributed by atoms with Crippen LogP contribution in [0, 0.1) is 0 Å². The van der Waals surface area contributed by atoms with Crippen LogP contribution in [-0.4, -0.2) is 38.6 Å². The Hall–Kier alpha value is -1.85. The predicted molar refractivity (Wildman–Crippen MR) is 119 cm³/mol. The van der Waals surface area contributed by atoms with Crippen LogP contribution in [-0.2, 0) is 0 Å². The van der Waals surface area contributed by atoms with Crippen molar-refractivity contribution in [2.45, 2.75) is 38.1 Å². The molecule has 0 fully saturated rings. The number of benzene rings is 2. The molecule has 0 aromatic heterocycles. The van der Waals surface area contributed by atoms with E-state index in [1.165, 1.54) is 19.3 Å². The molecule has 1 atom stereocenters. The number of nitrogens with one attached hydrogen (secondary N) is 1. The monoisotopic (exact) mass is 446 g/mol. The molecule has 0 aliphatic heterocycles. The van der Waals surface area contributed by atoms with Crippen LogP contribution in [0.25, 0.3) is 0 Å². The van der Waals surface area contributed by atoms with E-state index in [4.69, 9.17) is 4.74 Å². The Kier molecular flexibility index (Phi) is 9.51. The van der Waals surface area contributed by atoms with E-state index in [0.29, 0.717) is 11.3 Å². The van der Waals surface area contributed by atoms with Gasteiger partial charge in [-0.05, 0) is 57.2 Å². The van der Waals surface area contributed by atoms with Crippen molar-refractivity contribution in [3.05, 3.63) is 64.1 Å². The van der Waals surface area contributed by atoms with E-state index in [2.05, 4.69) is 52.4 Å². The zero-order valence-corrected chi connectivity index (χ0v) is 18.7. The molecular weight excluding hydrogens is 416 g/mol. The molecule has 2 rings (SSSR count). The van der Waals surface area contributed by atoms with Gasteiger partial charge in [0.15, 0.2) is 0 Å². The second kappa shape index (κ2) is 11.9. The molecule has 1 amide bonds. The molecule has 152 valence electrons. The van der Waals surface area contributed by atoms with E-state index in [1.807, 2.05) is 24.3 Å². The van der Waals surface area contributed by atoms with Gasteiger partial charge in [0.25, 0.3) is 5.91 Å². The normalized spacial score (nSPS) is 12.0. The minimum atomic E-state index is -0.111. The molecule has 28 heavy (non-hydrogen) atoms. The number of ether oxygens (including phenoxy) is 1. The van der Waals surface area contributed by atoms with Crippen LogP contribution >= 0.6 is 15.9 Å². The molecule has 1 N–H and O–H groups in total. The standard InChI is InChI=1S/C23H31BrN2O2/c1-26(2)16-10-5-4-9-13-21(18-11-7-6-8-12-18)25-23(27)20-17-19(24)14-15-22(20)28-3/h6-8,11-12,14-15,17,21H,4-5,9-10,13,16H2,1-3H3,(H,25,27). The number of hydrogen-bond acceptors (Lipinski definition) is 3. The van der Waals surface area contributed by atoms with Crippen LogP contribution < -0.4 is 10.1 Å². The molecule has 2 aromatic carbocycles. The summed E-state index contributed by atoms with van der Waals surface area (Å²) in [7, 11) is 5.80. The minimum absolute atomic E-state index is 0.00811. The Labute approximate surface area is 177 Å². The predicted octanol–water partition coefficient (Wildman–Crippen LogP) is 5.44.